The molecule has 0 saturated heterocycles. The molecule has 0 aliphatic heterocycles. The van der Waals surface area contributed by atoms with Gasteiger partial charge in [-0.15, -0.1) is 0 Å². The fourth-order valence-corrected chi connectivity index (χ4v) is 8.08. The predicted octanol–water partition coefficient (Wildman–Crippen LogP) is 6.25. The van der Waals surface area contributed by atoms with E-state index in [0.717, 1.165) is 48.0 Å². The zero-order valence-electron chi connectivity index (χ0n) is 22.6. The van der Waals surface area contributed by atoms with Gasteiger partial charge in [0.05, 0.1) is 7.11 Å². The highest BCUT2D eigenvalue weighted by molar-refractivity contribution is 6.06. The standard InChI is InChI=1S/C27H36O2.C2H4O2.CH4O/c1-16-8-10-25(3)12-13-27(5)19(21(25)14-16)9-11-26(4)20-15-22(28)24(29)17(2)18(20)6-7-23(26)27;1-4-2-3;1-2/h6-7,15-16,19,21,29H,8-14H2,1-5H3;2H,1H3;2H,1H3. The van der Waals surface area contributed by atoms with Crippen molar-refractivity contribution >= 4 is 12.3 Å². The highest BCUT2D eigenvalue weighted by Crippen LogP contribution is 2.69. The Bertz CT molecular complexity index is 985. The second-order valence-electron chi connectivity index (χ2n) is 11.9. The van der Waals surface area contributed by atoms with Crippen LogP contribution in [0.1, 0.15) is 79.6 Å². The zero-order chi connectivity index (χ0) is 26.2. The quantitative estimate of drug-likeness (QED) is 0.430. The van der Waals surface area contributed by atoms with Crippen molar-refractivity contribution in [3.8, 4) is 0 Å². The number of carbonyl (C=O) groups is 2. The monoisotopic (exact) mass is 484 g/mol. The van der Waals surface area contributed by atoms with Gasteiger partial charge in [0.1, 0.15) is 0 Å². The maximum absolute atomic E-state index is 12.5. The molecule has 0 aromatic rings. The lowest BCUT2D eigenvalue weighted by atomic mass is 9.40. The summed E-state index contributed by atoms with van der Waals surface area (Å²) in [6.07, 6.45) is 15.5. The second-order valence-corrected chi connectivity index (χ2v) is 11.9. The Balaban J connectivity index is 0.000000521. The van der Waals surface area contributed by atoms with Crippen LogP contribution in [0.25, 0.3) is 0 Å². The van der Waals surface area contributed by atoms with Gasteiger partial charge in [-0.05, 0) is 91.3 Å². The summed E-state index contributed by atoms with van der Waals surface area (Å²) in [5.41, 5.74) is 5.18. The van der Waals surface area contributed by atoms with Crippen molar-refractivity contribution in [3.63, 3.8) is 0 Å². The minimum atomic E-state index is -0.221. The molecule has 5 nitrogen and oxygen atoms in total. The SMILES string of the molecule is CC1=C(O)C(=O)C=C2C1=CC=C1C2(C)CCC2C3CC(C)CCC3(C)CCC12C.CO.COC=O. The molecule has 0 heterocycles. The van der Waals surface area contributed by atoms with Gasteiger partial charge in [-0.2, -0.15) is 0 Å². The Morgan fingerprint density at radius 3 is 2.31 bits per heavy atom. The van der Waals surface area contributed by atoms with E-state index in [0.29, 0.717) is 11.9 Å². The van der Waals surface area contributed by atoms with Gasteiger partial charge in [-0.25, -0.2) is 0 Å². The third-order valence-corrected chi connectivity index (χ3v) is 10.1. The van der Waals surface area contributed by atoms with E-state index in [-0.39, 0.29) is 22.4 Å². The van der Waals surface area contributed by atoms with Gasteiger partial charge in [-0.1, -0.05) is 51.8 Å². The molecule has 0 bridgehead atoms. The molecule has 35 heavy (non-hydrogen) atoms. The molecule has 2 N–H and O–H groups in total. The highest BCUT2D eigenvalue weighted by Gasteiger charge is 2.60. The minimum Gasteiger partial charge on any atom is -0.504 e. The molecule has 5 rings (SSSR count). The van der Waals surface area contributed by atoms with Gasteiger partial charge in [0.2, 0.25) is 5.78 Å². The van der Waals surface area contributed by atoms with Gasteiger partial charge in [0.25, 0.3) is 6.47 Å². The molecule has 5 aliphatic carbocycles. The molecule has 0 amide bonds. The van der Waals surface area contributed by atoms with Crippen molar-refractivity contribution in [2.24, 2.45) is 34.0 Å². The molecule has 5 aliphatic rings. The first-order chi connectivity index (χ1) is 16.5. The largest absolute Gasteiger partial charge is 0.504 e. The van der Waals surface area contributed by atoms with E-state index < -0.39 is 0 Å². The molecule has 194 valence electrons. The van der Waals surface area contributed by atoms with E-state index in [9.17, 15) is 9.90 Å². The fraction of sp³-hybridized carbons (Fsp3) is 0.667. The number of hydrogen-bond donors (Lipinski definition) is 2. The molecule has 3 fully saturated rings. The van der Waals surface area contributed by atoms with Crippen LogP contribution in [0.2, 0.25) is 0 Å². The van der Waals surface area contributed by atoms with Gasteiger partial charge in [0.15, 0.2) is 5.76 Å². The summed E-state index contributed by atoms with van der Waals surface area (Å²) >= 11 is 0. The molecule has 0 aromatic carbocycles. The van der Waals surface area contributed by atoms with E-state index in [2.05, 4.69) is 44.6 Å². The summed E-state index contributed by atoms with van der Waals surface area (Å²) in [7, 11) is 2.31. The predicted molar refractivity (Wildman–Crippen MR) is 139 cm³/mol. The Morgan fingerprint density at radius 2 is 1.69 bits per heavy atom. The van der Waals surface area contributed by atoms with E-state index >= 15 is 0 Å². The molecule has 0 aromatic heterocycles. The van der Waals surface area contributed by atoms with Gasteiger partial charge in [-0.3, -0.25) is 9.59 Å². The lowest BCUT2D eigenvalue weighted by molar-refractivity contribution is -0.126. The molecule has 6 unspecified atom stereocenters. The van der Waals surface area contributed by atoms with Crippen LogP contribution in [0, 0.1) is 34.0 Å². The summed E-state index contributed by atoms with van der Waals surface area (Å²) < 4.78 is 3.86. The van der Waals surface area contributed by atoms with E-state index in [1.54, 1.807) is 11.6 Å². The number of carbonyl (C=O) groups excluding carboxylic acids is 2. The third kappa shape index (κ3) is 4.34. The number of aliphatic hydroxyl groups excluding tert-OH is 2. The van der Waals surface area contributed by atoms with Crippen LogP contribution in [0.4, 0.5) is 0 Å². The number of aliphatic hydroxyl groups is 2. The first-order valence-corrected chi connectivity index (χ1v) is 13.0. The van der Waals surface area contributed by atoms with Crippen LogP contribution >= 0.6 is 0 Å². The zero-order valence-corrected chi connectivity index (χ0v) is 22.6. The van der Waals surface area contributed by atoms with Crippen molar-refractivity contribution in [3.05, 3.63) is 46.3 Å². The molecule has 5 heteroatoms. The first-order valence-electron chi connectivity index (χ1n) is 13.0. The fourth-order valence-electron chi connectivity index (χ4n) is 8.08. The molecule has 6 atom stereocenters. The number of ether oxygens (including phenoxy) is 1. The van der Waals surface area contributed by atoms with Crippen molar-refractivity contribution in [1.29, 1.82) is 0 Å². The van der Waals surface area contributed by atoms with Crippen molar-refractivity contribution < 1.29 is 24.5 Å². The minimum absolute atomic E-state index is 0.0787. The first kappa shape index (κ1) is 27.4. The van der Waals surface area contributed by atoms with Crippen LogP contribution in [0.3, 0.4) is 0 Å². The number of allylic oxidation sites excluding steroid dienone is 7. The summed E-state index contributed by atoms with van der Waals surface area (Å²) in [6, 6.07) is 0. The Labute approximate surface area is 211 Å². The average Bonchev–Trinajstić information content (AvgIpc) is 2.85. The van der Waals surface area contributed by atoms with Gasteiger partial charge >= 0.3 is 0 Å². The van der Waals surface area contributed by atoms with Crippen molar-refractivity contribution in [1.82, 2.24) is 0 Å². The molecular weight excluding hydrogens is 440 g/mol. The maximum atomic E-state index is 12.5. The molecule has 0 spiro atoms. The van der Waals surface area contributed by atoms with Crippen molar-refractivity contribution in [2.75, 3.05) is 14.2 Å². The third-order valence-electron chi connectivity index (χ3n) is 10.1. The van der Waals surface area contributed by atoms with Crippen LogP contribution in [0.15, 0.2) is 46.3 Å². The van der Waals surface area contributed by atoms with E-state index in [1.807, 2.05) is 6.92 Å². The highest BCUT2D eigenvalue weighted by atomic mass is 16.5. The van der Waals surface area contributed by atoms with Crippen molar-refractivity contribution in [2.45, 2.75) is 79.6 Å². The second kappa shape index (κ2) is 10.1. The Kier molecular flexibility index (Phi) is 7.91. The summed E-state index contributed by atoms with van der Waals surface area (Å²) in [6.45, 7) is 12.2. The number of rotatable bonds is 1. The molecular formula is C30H44O5. The topological polar surface area (TPSA) is 83.8 Å². The van der Waals surface area contributed by atoms with E-state index in [1.165, 1.54) is 45.6 Å². The lowest BCUT2D eigenvalue weighted by Gasteiger charge is -2.64. The number of hydrogen-bond acceptors (Lipinski definition) is 5. The van der Waals surface area contributed by atoms with Crippen LogP contribution in [0.5, 0.6) is 0 Å². The average molecular weight is 485 g/mol. The van der Waals surface area contributed by atoms with Crippen LogP contribution in [-0.2, 0) is 14.3 Å². The Hall–Kier alpha value is -2.14. The van der Waals surface area contributed by atoms with Crippen LogP contribution in [-0.4, -0.2) is 36.7 Å². The van der Waals surface area contributed by atoms with Gasteiger partial charge < -0.3 is 14.9 Å². The molecule has 3 saturated carbocycles. The van der Waals surface area contributed by atoms with Crippen LogP contribution < -0.4 is 0 Å². The maximum Gasteiger partial charge on any atom is 0.292 e. The summed E-state index contributed by atoms with van der Waals surface area (Å²) in [4.78, 5) is 21.4. The normalized spacial score (nSPS) is 39.4. The smallest absolute Gasteiger partial charge is 0.292 e. The number of ketones is 1. The van der Waals surface area contributed by atoms with Gasteiger partial charge in [0, 0.05) is 18.1 Å². The number of fused-ring (bicyclic) bond motifs is 7. The summed E-state index contributed by atoms with van der Waals surface area (Å²) in [5, 5.41) is 17.2. The molecule has 0 radical (unpaired) electrons. The number of methoxy groups -OCH3 is 1. The summed E-state index contributed by atoms with van der Waals surface area (Å²) in [5.74, 6) is 2.13. The lowest BCUT2D eigenvalue weighted by Crippen LogP contribution is -2.55. The van der Waals surface area contributed by atoms with E-state index in [4.69, 9.17) is 9.90 Å². The Morgan fingerprint density at radius 1 is 1.03 bits per heavy atom.